The van der Waals surface area contributed by atoms with Crippen molar-refractivity contribution in [1.82, 2.24) is 9.62 Å². The maximum atomic E-state index is 12.9. The van der Waals surface area contributed by atoms with Crippen molar-refractivity contribution >= 4 is 16.1 Å². The zero-order valence-electron chi connectivity index (χ0n) is 18.8. The molecule has 2 atom stereocenters. The Kier molecular flexibility index (Phi) is 8.36. The van der Waals surface area contributed by atoms with Gasteiger partial charge in [0, 0.05) is 12.6 Å². The fourth-order valence-electron chi connectivity index (χ4n) is 4.71. The number of nitrogens with zero attached hydrogens (tertiary/aromatic N) is 1. The molecular formula is C23H36N2O5S. The van der Waals surface area contributed by atoms with E-state index in [1.807, 2.05) is 6.07 Å². The number of hydrogen-bond acceptors (Lipinski definition) is 5. The Balaban J connectivity index is 1.67. The smallest absolute Gasteiger partial charge is 0.410 e. The largest absolute Gasteiger partial charge is 0.415 e. The third-order valence-electron chi connectivity index (χ3n) is 6.49. The number of para-hydroxylation sites is 1. The Morgan fingerprint density at radius 2 is 1.81 bits per heavy atom. The highest BCUT2D eigenvalue weighted by Gasteiger charge is 2.38. The quantitative estimate of drug-likeness (QED) is 0.680. The van der Waals surface area contributed by atoms with E-state index in [4.69, 9.17) is 9.47 Å². The third-order valence-corrected chi connectivity index (χ3v) is 7.22. The molecule has 0 unspecified atom stereocenters. The van der Waals surface area contributed by atoms with Crippen LogP contribution < -0.4 is 9.46 Å². The summed E-state index contributed by atoms with van der Waals surface area (Å²) in [5.74, 6) is 1.90. The monoisotopic (exact) mass is 452 g/mol. The molecule has 0 aromatic heterocycles. The van der Waals surface area contributed by atoms with Crippen molar-refractivity contribution in [3.05, 3.63) is 30.3 Å². The molecule has 1 aromatic rings. The Hall–Kier alpha value is -1.64. The number of likely N-dealkylation sites (tertiary alicyclic amines) is 1. The van der Waals surface area contributed by atoms with Gasteiger partial charge in [0.2, 0.25) is 10.0 Å². The number of rotatable bonds is 7. The van der Waals surface area contributed by atoms with E-state index >= 15 is 0 Å². The second kappa shape index (κ2) is 10.8. The van der Waals surface area contributed by atoms with Crippen LogP contribution in [0, 0.1) is 11.8 Å². The number of carbonyl (C=O) groups excluding carboxylic acids is 1. The lowest BCUT2D eigenvalue weighted by atomic mass is 9.80. The molecule has 31 heavy (non-hydrogen) atoms. The van der Waals surface area contributed by atoms with E-state index in [-0.39, 0.29) is 12.1 Å². The molecule has 174 valence electrons. The lowest BCUT2D eigenvalue weighted by molar-refractivity contribution is -0.0278. The first-order valence-corrected chi connectivity index (χ1v) is 13.2. The Morgan fingerprint density at radius 1 is 1.13 bits per heavy atom. The number of amides is 1. The first-order chi connectivity index (χ1) is 14.7. The SMILES string of the molecule is CC(C)C1CCC(OC[C@H]2[C@@H](NS(C)(=O)=O)CCCN2C(=O)Oc2ccccc2)CC1. The van der Waals surface area contributed by atoms with Crippen LogP contribution in [0.2, 0.25) is 0 Å². The van der Waals surface area contributed by atoms with Gasteiger partial charge in [-0.1, -0.05) is 32.0 Å². The van der Waals surface area contributed by atoms with Crippen molar-refractivity contribution in [3.8, 4) is 5.75 Å². The topological polar surface area (TPSA) is 84.9 Å². The number of ether oxygens (including phenoxy) is 2. The molecule has 2 fully saturated rings. The first-order valence-electron chi connectivity index (χ1n) is 11.4. The van der Waals surface area contributed by atoms with Gasteiger partial charge in [0.25, 0.3) is 0 Å². The number of carbonyl (C=O) groups is 1. The number of sulfonamides is 1. The molecule has 1 aliphatic carbocycles. The van der Waals surface area contributed by atoms with Crippen LogP contribution in [0.3, 0.4) is 0 Å². The van der Waals surface area contributed by atoms with Crippen molar-refractivity contribution in [2.45, 2.75) is 70.6 Å². The molecule has 1 N–H and O–H groups in total. The van der Waals surface area contributed by atoms with Crippen LogP contribution in [0.15, 0.2) is 30.3 Å². The van der Waals surface area contributed by atoms with Crippen LogP contribution in [-0.4, -0.2) is 57.0 Å². The van der Waals surface area contributed by atoms with Gasteiger partial charge in [-0.05, 0) is 62.5 Å². The predicted octanol–water partition coefficient (Wildman–Crippen LogP) is 3.80. The summed E-state index contributed by atoms with van der Waals surface area (Å²) in [6.45, 7) is 5.35. The van der Waals surface area contributed by atoms with E-state index in [1.165, 1.54) is 0 Å². The van der Waals surface area contributed by atoms with E-state index in [9.17, 15) is 13.2 Å². The molecule has 1 amide bonds. The van der Waals surface area contributed by atoms with Crippen LogP contribution in [-0.2, 0) is 14.8 Å². The number of hydrogen-bond donors (Lipinski definition) is 1. The maximum Gasteiger partial charge on any atom is 0.415 e. The molecule has 1 heterocycles. The van der Waals surface area contributed by atoms with Crippen molar-refractivity contribution in [3.63, 3.8) is 0 Å². The molecular weight excluding hydrogens is 416 g/mol. The molecule has 7 nitrogen and oxygen atoms in total. The van der Waals surface area contributed by atoms with Crippen LogP contribution >= 0.6 is 0 Å². The summed E-state index contributed by atoms with van der Waals surface area (Å²) >= 11 is 0. The average Bonchev–Trinajstić information content (AvgIpc) is 2.72. The molecule has 1 aliphatic heterocycles. The van der Waals surface area contributed by atoms with Gasteiger partial charge >= 0.3 is 6.09 Å². The van der Waals surface area contributed by atoms with E-state index in [1.54, 1.807) is 29.2 Å². The normalized spacial score (nSPS) is 27.3. The zero-order chi connectivity index (χ0) is 22.4. The summed E-state index contributed by atoms with van der Waals surface area (Å²) in [4.78, 5) is 14.6. The standard InChI is InChI=1S/C23H36N2O5S/c1-17(2)18-11-13-19(14-12-18)29-16-22-21(24-31(3,27)28)10-7-15-25(22)23(26)30-20-8-5-4-6-9-20/h4-6,8-9,17-19,21-22,24H,7,10-16H2,1-3H3/t18?,19?,21-,22-/m0/s1. The molecule has 1 aromatic carbocycles. The van der Waals surface area contributed by atoms with Crippen LogP contribution in [0.4, 0.5) is 4.79 Å². The summed E-state index contributed by atoms with van der Waals surface area (Å²) in [6.07, 6.45) is 6.52. The van der Waals surface area contributed by atoms with Gasteiger partial charge in [-0.2, -0.15) is 0 Å². The fourth-order valence-corrected chi connectivity index (χ4v) is 5.53. The summed E-state index contributed by atoms with van der Waals surface area (Å²) < 4.78 is 38.4. The molecule has 1 saturated carbocycles. The Bertz CT molecular complexity index is 807. The van der Waals surface area contributed by atoms with Gasteiger partial charge in [-0.25, -0.2) is 17.9 Å². The second-order valence-corrected chi connectivity index (χ2v) is 11.0. The first kappa shape index (κ1) is 24.0. The van der Waals surface area contributed by atoms with E-state index in [0.717, 1.165) is 37.9 Å². The molecule has 0 spiro atoms. The van der Waals surface area contributed by atoms with Gasteiger partial charge in [-0.3, -0.25) is 0 Å². The second-order valence-electron chi connectivity index (χ2n) is 9.19. The van der Waals surface area contributed by atoms with Crippen molar-refractivity contribution in [2.75, 3.05) is 19.4 Å². The van der Waals surface area contributed by atoms with Crippen molar-refractivity contribution in [1.29, 1.82) is 0 Å². The lowest BCUT2D eigenvalue weighted by Gasteiger charge is -2.41. The molecule has 2 aliphatic rings. The highest BCUT2D eigenvalue weighted by atomic mass is 32.2. The lowest BCUT2D eigenvalue weighted by Crippen LogP contribution is -2.59. The molecule has 3 rings (SSSR count). The van der Waals surface area contributed by atoms with Crippen molar-refractivity contribution < 1.29 is 22.7 Å². The van der Waals surface area contributed by atoms with Gasteiger partial charge in [0.05, 0.1) is 25.0 Å². The fraction of sp³-hybridized carbons (Fsp3) is 0.696. The van der Waals surface area contributed by atoms with E-state index in [0.29, 0.717) is 37.7 Å². The zero-order valence-corrected chi connectivity index (χ0v) is 19.6. The molecule has 1 saturated heterocycles. The molecule has 8 heteroatoms. The minimum Gasteiger partial charge on any atom is -0.410 e. The van der Waals surface area contributed by atoms with Crippen LogP contribution in [0.25, 0.3) is 0 Å². The van der Waals surface area contributed by atoms with Crippen LogP contribution in [0.1, 0.15) is 52.4 Å². The average molecular weight is 453 g/mol. The number of nitrogens with one attached hydrogen (secondary N) is 1. The summed E-state index contributed by atoms with van der Waals surface area (Å²) in [5, 5.41) is 0. The van der Waals surface area contributed by atoms with Crippen LogP contribution in [0.5, 0.6) is 5.75 Å². The Morgan fingerprint density at radius 3 is 2.42 bits per heavy atom. The van der Waals surface area contributed by atoms with Gasteiger partial charge in [0.15, 0.2) is 0 Å². The summed E-state index contributed by atoms with van der Waals surface area (Å²) in [7, 11) is -3.41. The minimum absolute atomic E-state index is 0.155. The third kappa shape index (κ3) is 7.19. The number of piperidine rings is 1. The van der Waals surface area contributed by atoms with Gasteiger partial charge in [-0.15, -0.1) is 0 Å². The molecule has 0 bridgehead atoms. The Labute approximate surface area is 186 Å². The molecule has 0 radical (unpaired) electrons. The highest BCUT2D eigenvalue weighted by Crippen LogP contribution is 2.32. The maximum absolute atomic E-state index is 12.9. The number of benzene rings is 1. The van der Waals surface area contributed by atoms with Gasteiger partial charge in [0.1, 0.15) is 5.75 Å². The summed E-state index contributed by atoms with van der Waals surface area (Å²) in [6, 6.07) is 8.14. The van der Waals surface area contributed by atoms with E-state index in [2.05, 4.69) is 18.6 Å². The predicted molar refractivity (Wildman–Crippen MR) is 120 cm³/mol. The summed E-state index contributed by atoms with van der Waals surface area (Å²) in [5.41, 5.74) is 0. The van der Waals surface area contributed by atoms with Gasteiger partial charge < -0.3 is 14.4 Å². The van der Waals surface area contributed by atoms with Crippen molar-refractivity contribution in [2.24, 2.45) is 11.8 Å². The van der Waals surface area contributed by atoms with E-state index < -0.39 is 22.2 Å². The minimum atomic E-state index is -3.41. The highest BCUT2D eigenvalue weighted by molar-refractivity contribution is 7.88.